The minimum Gasteiger partial charge on any atom is -0.380 e. The van der Waals surface area contributed by atoms with Gasteiger partial charge in [0.05, 0.1) is 29.7 Å². The fraction of sp³-hybridized carbons (Fsp3) is 0.324. The number of hydrogen-bond donors (Lipinski definition) is 1. The zero-order valence-corrected chi connectivity index (χ0v) is 27.9. The quantitative estimate of drug-likeness (QED) is 0.268. The summed E-state index contributed by atoms with van der Waals surface area (Å²) in [5.41, 5.74) is 10.3. The second kappa shape index (κ2) is 10.8. The number of nitrogens with one attached hydrogen (secondary N) is 1. The van der Waals surface area contributed by atoms with Crippen LogP contribution in [0.25, 0.3) is 33.4 Å². The van der Waals surface area contributed by atoms with Gasteiger partial charge >= 0.3 is 0 Å². The number of likely N-dealkylation sites (N-methyl/N-ethyl adjacent to an activating group) is 1. The lowest BCUT2D eigenvalue weighted by molar-refractivity contribution is -0.176. The summed E-state index contributed by atoms with van der Waals surface area (Å²) in [5.74, 6) is 0.0220. The highest BCUT2D eigenvalue weighted by molar-refractivity contribution is 7.91. The number of amides is 1. The molecule has 0 saturated carbocycles. The average molecular weight is 648 g/mol. The Labute approximate surface area is 274 Å². The van der Waals surface area contributed by atoms with Crippen molar-refractivity contribution in [3.05, 3.63) is 94.3 Å². The number of fused-ring (bicyclic) bond motifs is 2. The van der Waals surface area contributed by atoms with Crippen molar-refractivity contribution >= 4 is 26.9 Å². The molecule has 2 fully saturated rings. The summed E-state index contributed by atoms with van der Waals surface area (Å²) in [5, 5.41) is -0.109. The van der Waals surface area contributed by atoms with Crippen molar-refractivity contribution in [1.82, 2.24) is 24.8 Å². The molecule has 5 aromatic rings. The Morgan fingerprint density at radius 2 is 1.74 bits per heavy atom. The zero-order valence-electron chi connectivity index (χ0n) is 27.1. The topological polar surface area (TPSA) is 108 Å². The number of sulfone groups is 1. The molecule has 3 aliphatic heterocycles. The van der Waals surface area contributed by atoms with Crippen molar-refractivity contribution < 1.29 is 17.9 Å². The Morgan fingerprint density at radius 1 is 0.957 bits per heavy atom. The van der Waals surface area contributed by atoms with Crippen LogP contribution >= 0.6 is 0 Å². The molecule has 9 nitrogen and oxygen atoms in total. The Morgan fingerprint density at radius 3 is 2.49 bits per heavy atom. The van der Waals surface area contributed by atoms with Crippen LogP contribution in [0.15, 0.2) is 70.8 Å². The summed E-state index contributed by atoms with van der Waals surface area (Å²) >= 11 is 0. The molecule has 3 aromatic carbocycles. The molecule has 2 aromatic heterocycles. The highest BCUT2D eigenvalue weighted by atomic mass is 32.2. The third-order valence-corrected chi connectivity index (χ3v) is 11.7. The number of aromatic amines is 1. The Bertz CT molecular complexity index is 2210. The monoisotopic (exact) mass is 647 g/mol. The van der Waals surface area contributed by atoms with E-state index in [-0.39, 0.29) is 21.2 Å². The maximum absolute atomic E-state index is 14.4. The highest BCUT2D eigenvalue weighted by Crippen LogP contribution is 2.39. The smallest absolute Gasteiger partial charge is 0.254 e. The fourth-order valence-electron chi connectivity index (χ4n) is 7.37. The van der Waals surface area contributed by atoms with Crippen molar-refractivity contribution in [3.63, 3.8) is 0 Å². The number of likely N-dealkylation sites (tertiary alicyclic amines) is 1. The molecule has 0 radical (unpaired) electrons. The number of aromatic nitrogens is 3. The summed E-state index contributed by atoms with van der Waals surface area (Å²) in [4.78, 5) is 30.0. The van der Waals surface area contributed by atoms with E-state index in [0.717, 1.165) is 73.6 Å². The van der Waals surface area contributed by atoms with Crippen LogP contribution in [0.1, 0.15) is 38.2 Å². The Hall–Kier alpha value is -4.38. The van der Waals surface area contributed by atoms with Gasteiger partial charge in [-0.05, 0) is 91.4 Å². The first-order chi connectivity index (χ1) is 22.5. The number of aryl methyl sites for hydroxylation is 3. The Balaban J connectivity index is 1.15. The summed E-state index contributed by atoms with van der Waals surface area (Å²) in [6.45, 7) is 10.7. The third kappa shape index (κ3) is 4.97. The number of hydrogen-bond acceptors (Lipinski definition) is 7. The fourth-order valence-corrected chi connectivity index (χ4v) is 8.81. The van der Waals surface area contributed by atoms with Crippen LogP contribution in [0.3, 0.4) is 0 Å². The molecule has 0 atom stereocenters. The van der Waals surface area contributed by atoms with Crippen molar-refractivity contribution in [2.45, 2.75) is 43.7 Å². The number of nitrogens with zero attached hydrogens (tertiary/aromatic N) is 4. The molecular formula is C37H37N5O4S. The van der Waals surface area contributed by atoms with Gasteiger partial charge in [-0.25, -0.2) is 18.4 Å². The van der Waals surface area contributed by atoms with E-state index < -0.39 is 9.84 Å². The van der Waals surface area contributed by atoms with Crippen molar-refractivity contribution in [1.29, 1.82) is 0 Å². The van der Waals surface area contributed by atoms with E-state index in [0.29, 0.717) is 22.3 Å². The molecule has 240 valence electrons. The first-order valence-electron chi connectivity index (χ1n) is 16.0. The van der Waals surface area contributed by atoms with Crippen LogP contribution in [0.5, 0.6) is 0 Å². The van der Waals surface area contributed by atoms with E-state index in [1.807, 2.05) is 49.1 Å². The lowest BCUT2D eigenvalue weighted by Crippen LogP contribution is -2.67. The predicted octanol–water partition coefficient (Wildman–Crippen LogP) is 5.51. The van der Waals surface area contributed by atoms with Gasteiger partial charge in [0.1, 0.15) is 5.52 Å². The Kier molecular flexibility index (Phi) is 6.91. The van der Waals surface area contributed by atoms with Gasteiger partial charge < -0.3 is 19.5 Å². The van der Waals surface area contributed by atoms with E-state index in [1.54, 1.807) is 12.3 Å². The first-order valence-corrected chi connectivity index (χ1v) is 17.5. The standard InChI is InChI=1S/C37H37N5O4S/c1-22-5-7-30(26-13-23(2)28-9-10-41(4)17-27(28)14-26)32(11-22)47(44,45)33-16-39-35-34(40-33)31(15-38-35)25-6-8-29(24(3)12-25)36(43)42-18-37(19-42)20-46-21-37/h5-8,11-16H,9-10,17-21H2,1-4H3,(H,38,39). The van der Waals surface area contributed by atoms with Gasteiger partial charge in [0.2, 0.25) is 9.84 Å². The average Bonchev–Trinajstić information content (AvgIpc) is 3.43. The minimum atomic E-state index is -4.05. The van der Waals surface area contributed by atoms with Crippen LogP contribution in [0.2, 0.25) is 0 Å². The number of benzene rings is 3. The van der Waals surface area contributed by atoms with Crippen molar-refractivity contribution in [2.24, 2.45) is 5.41 Å². The van der Waals surface area contributed by atoms with E-state index >= 15 is 0 Å². The van der Waals surface area contributed by atoms with Gasteiger partial charge in [-0.1, -0.05) is 30.3 Å². The first kappa shape index (κ1) is 30.0. The van der Waals surface area contributed by atoms with Crippen LogP contribution in [0.4, 0.5) is 0 Å². The van der Waals surface area contributed by atoms with Gasteiger partial charge in [-0.2, -0.15) is 0 Å². The van der Waals surface area contributed by atoms with E-state index in [9.17, 15) is 13.2 Å². The van der Waals surface area contributed by atoms with Crippen LogP contribution in [0, 0.1) is 26.2 Å². The van der Waals surface area contributed by atoms with E-state index in [1.165, 1.54) is 22.9 Å². The number of rotatable bonds is 5. The van der Waals surface area contributed by atoms with Gasteiger partial charge in [0, 0.05) is 49.1 Å². The minimum absolute atomic E-state index is 0.0220. The van der Waals surface area contributed by atoms with Crippen LogP contribution < -0.4 is 0 Å². The molecule has 5 heterocycles. The normalized spacial score (nSPS) is 17.4. The SMILES string of the molecule is Cc1ccc(-c2cc(C)c3c(c2)CN(C)CC3)c(S(=O)(=O)c2cnc3[nH]cc(-c4ccc(C(=O)N5CC6(COC6)C5)c(C)c4)c3n2)c1. The second-order valence-electron chi connectivity index (χ2n) is 13.7. The van der Waals surface area contributed by atoms with E-state index in [2.05, 4.69) is 41.0 Å². The highest BCUT2D eigenvalue weighted by Gasteiger charge is 2.50. The summed E-state index contributed by atoms with van der Waals surface area (Å²) in [7, 11) is -1.94. The van der Waals surface area contributed by atoms with Gasteiger partial charge in [-0.3, -0.25) is 4.79 Å². The molecule has 2 saturated heterocycles. The number of carbonyl (C=O) groups is 1. The second-order valence-corrected chi connectivity index (χ2v) is 15.6. The lowest BCUT2D eigenvalue weighted by Gasteiger charge is -2.55. The maximum Gasteiger partial charge on any atom is 0.254 e. The van der Waals surface area contributed by atoms with Crippen LogP contribution in [-0.4, -0.2) is 79.0 Å². The number of H-pyrrole nitrogens is 1. The molecule has 1 N–H and O–H groups in total. The third-order valence-electron chi connectivity index (χ3n) is 10.0. The van der Waals surface area contributed by atoms with Crippen LogP contribution in [-0.2, 0) is 27.5 Å². The maximum atomic E-state index is 14.4. The number of carbonyl (C=O) groups excluding carboxylic acids is 1. The lowest BCUT2D eigenvalue weighted by atomic mass is 9.77. The molecule has 0 bridgehead atoms. The molecule has 8 rings (SSSR count). The molecule has 3 aliphatic rings. The molecule has 0 unspecified atom stereocenters. The summed E-state index contributed by atoms with van der Waals surface area (Å²) in [6, 6.07) is 15.5. The van der Waals surface area contributed by atoms with Gasteiger partial charge in [0.25, 0.3) is 5.91 Å². The molecule has 1 spiro atoms. The summed E-state index contributed by atoms with van der Waals surface area (Å²) in [6.07, 6.45) is 4.11. The predicted molar refractivity (Wildman–Crippen MR) is 180 cm³/mol. The van der Waals surface area contributed by atoms with E-state index in [4.69, 9.17) is 9.72 Å². The molecule has 0 aliphatic carbocycles. The molecule has 47 heavy (non-hydrogen) atoms. The van der Waals surface area contributed by atoms with Crippen molar-refractivity contribution in [3.8, 4) is 22.3 Å². The van der Waals surface area contributed by atoms with Gasteiger partial charge in [-0.15, -0.1) is 0 Å². The largest absolute Gasteiger partial charge is 0.380 e. The van der Waals surface area contributed by atoms with Gasteiger partial charge in [0.15, 0.2) is 10.7 Å². The van der Waals surface area contributed by atoms with Crippen molar-refractivity contribution in [2.75, 3.05) is 39.9 Å². The number of ether oxygens (including phenoxy) is 1. The summed E-state index contributed by atoms with van der Waals surface area (Å²) < 4.78 is 34.1. The molecular weight excluding hydrogens is 611 g/mol. The zero-order chi connectivity index (χ0) is 32.7. The molecule has 10 heteroatoms. The molecule has 1 amide bonds.